The summed E-state index contributed by atoms with van der Waals surface area (Å²) in [5.74, 6) is 0.753. The Balaban J connectivity index is 2.38. The molecule has 1 saturated carbocycles. The fraction of sp³-hybridized carbons (Fsp3) is 0.800. The molecular weight excluding hydrogens is 212 g/mol. The van der Waals surface area contributed by atoms with Crippen LogP contribution in [0.1, 0.15) is 47.0 Å². The molecule has 0 aliphatic heterocycles. The van der Waals surface area contributed by atoms with Crippen LogP contribution in [0.25, 0.3) is 0 Å². The zero-order valence-corrected chi connectivity index (χ0v) is 11.4. The zero-order chi connectivity index (χ0) is 12.8. The highest BCUT2D eigenvalue weighted by atomic mass is 16.3. The number of ketones is 1. The largest absolute Gasteiger partial charge is 0.388 e. The van der Waals surface area contributed by atoms with Gasteiger partial charge in [0.05, 0.1) is 11.5 Å². The fourth-order valence-electron chi connectivity index (χ4n) is 3.61. The minimum atomic E-state index is -0.801. The van der Waals surface area contributed by atoms with Crippen molar-refractivity contribution in [2.45, 2.75) is 52.6 Å². The molecule has 0 aromatic carbocycles. The van der Waals surface area contributed by atoms with Crippen LogP contribution in [0.2, 0.25) is 0 Å². The van der Waals surface area contributed by atoms with Crippen LogP contribution in [-0.4, -0.2) is 16.5 Å². The van der Waals surface area contributed by atoms with Crippen molar-refractivity contribution in [3.8, 4) is 0 Å². The van der Waals surface area contributed by atoms with Gasteiger partial charge in [0.15, 0.2) is 0 Å². The standard InChI is InChI=1S/C15H24O2/c1-9(2)12-6-5-11(4)15(17)8-7-10(3)13(15)14(12)16/h7,9,11-13,17H,5-6,8H2,1-4H3/t11-,12+,13+,15-/m0/s1. The molecule has 0 amide bonds. The zero-order valence-electron chi connectivity index (χ0n) is 11.4. The third-order valence-corrected chi connectivity index (χ3v) is 4.93. The van der Waals surface area contributed by atoms with E-state index in [-0.39, 0.29) is 23.5 Å². The first kappa shape index (κ1) is 12.8. The van der Waals surface area contributed by atoms with Gasteiger partial charge in [-0.25, -0.2) is 0 Å². The molecule has 2 rings (SSSR count). The number of fused-ring (bicyclic) bond motifs is 1. The van der Waals surface area contributed by atoms with Crippen molar-refractivity contribution in [3.05, 3.63) is 11.6 Å². The van der Waals surface area contributed by atoms with Gasteiger partial charge in [-0.3, -0.25) is 4.79 Å². The van der Waals surface area contributed by atoms with Crippen LogP contribution in [-0.2, 0) is 4.79 Å². The fourth-order valence-corrected chi connectivity index (χ4v) is 3.61. The average Bonchev–Trinajstić information content (AvgIpc) is 2.50. The van der Waals surface area contributed by atoms with E-state index in [1.807, 2.05) is 6.92 Å². The number of hydrogen-bond acceptors (Lipinski definition) is 2. The lowest BCUT2D eigenvalue weighted by Crippen LogP contribution is -2.44. The van der Waals surface area contributed by atoms with E-state index in [4.69, 9.17) is 0 Å². The molecule has 2 aliphatic rings. The average molecular weight is 236 g/mol. The van der Waals surface area contributed by atoms with Gasteiger partial charge in [0.25, 0.3) is 0 Å². The monoisotopic (exact) mass is 236 g/mol. The van der Waals surface area contributed by atoms with E-state index < -0.39 is 5.60 Å². The minimum absolute atomic E-state index is 0.123. The highest BCUT2D eigenvalue weighted by Gasteiger charge is 2.52. The summed E-state index contributed by atoms with van der Waals surface area (Å²) in [5.41, 5.74) is 0.280. The van der Waals surface area contributed by atoms with Gasteiger partial charge in [-0.2, -0.15) is 0 Å². The van der Waals surface area contributed by atoms with Crippen LogP contribution in [0, 0.1) is 23.7 Å². The van der Waals surface area contributed by atoms with Crippen LogP contribution in [0.3, 0.4) is 0 Å². The van der Waals surface area contributed by atoms with Crippen LogP contribution < -0.4 is 0 Å². The number of hydrogen-bond donors (Lipinski definition) is 1. The Kier molecular flexibility index (Phi) is 3.19. The molecule has 0 heterocycles. The third kappa shape index (κ3) is 1.87. The molecule has 0 radical (unpaired) electrons. The van der Waals surface area contributed by atoms with Gasteiger partial charge < -0.3 is 5.11 Å². The number of rotatable bonds is 1. The number of carbonyl (C=O) groups is 1. The molecule has 1 N–H and O–H groups in total. The molecular formula is C15H24O2. The molecule has 0 unspecified atom stereocenters. The molecule has 17 heavy (non-hydrogen) atoms. The molecule has 0 saturated heterocycles. The highest BCUT2D eigenvalue weighted by Crippen LogP contribution is 2.47. The van der Waals surface area contributed by atoms with Crippen molar-refractivity contribution in [2.24, 2.45) is 23.7 Å². The lowest BCUT2D eigenvalue weighted by Gasteiger charge is -2.34. The van der Waals surface area contributed by atoms with Crippen LogP contribution in [0.4, 0.5) is 0 Å². The first-order chi connectivity index (χ1) is 7.88. The second kappa shape index (κ2) is 4.24. The SMILES string of the molecule is CC1=CC[C@@]2(O)[C@H]1C(=O)[C@@H](C(C)C)CC[C@@H]2C. The second-order valence-corrected chi connectivity index (χ2v) is 6.31. The Bertz CT molecular complexity index is 356. The predicted octanol–water partition coefficient (Wildman–Crippen LogP) is 2.95. The van der Waals surface area contributed by atoms with Gasteiger partial charge in [-0.1, -0.05) is 32.4 Å². The molecule has 1 fully saturated rings. The van der Waals surface area contributed by atoms with Gasteiger partial charge in [0, 0.05) is 5.92 Å². The lowest BCUT2D eigenvalue weighted by atomic mass is 9.74. The molecule has 4 atom stereocenters. The van der Waals surface area contributed by atoms with E-state index in [1.54, 1.807) is 0 Å². The summed E-state index contributed by atoms with van der Waals surface area (Å²) in [6, 6.07) is 0. The van der Waals surface area contributed by atoms with Gasteiger partial charge in [-0.15, -0.1) is 0 Å². The summed E-state index contributed by atoms with van der Waals surface area (Å²) in [7, 11) is 0. The van der Waals surface area contributed by atoms with Crippen molar-refractivity contribution in [1.82, 2.24) is 0 Å². The van der Waals surface area contributed by atoms with Crippen molar-refractivity contribution < 1.29 is 9.90 Å². The highest BCUT2D eigenvalue weighted by molar-refractivity contribution is 5.88. The molecule has 0 bridgehead atoms. The first-order valence-corrected chi connectivity index (χ1v) is 6.80. The Morgan fingerprint density at radius 2 is 2.06 bits per heavy atom. The van der Waals surface area contributed by atoms with Crippen molar-refractivity contribution in [1.29, 1.82) is 0 Å². The molecule has 0 spiro atoms. The molecule has 0 aromatic rings. The maximum Gasteiger partial charge on any atom is 0.146 e. The number of Topliss-reactive ketones (excluding diaryl/α,β-unsaturated/α-hetero) is 1. The smallest absolute Gasteiger partial charge is 0.146 e. The lowest BCUT2D eigenvalue weighted by molar-refractivity contribution is -0.134. The summed E-state index contributed by atoms with van der Waals surface area (Å²) in [6.07, 6.45) is 4.61. The Labute approximate surface area is 104 Å². The maximum absolute atomic E-state index is 12.6. The van der Waals surface area contributed by atoms with Crippen LogP contribution in [0.15, 0.2) is 11.6 Å². The van der Waals surface area contributed by atoms with Crippen molar-refractivity contribution in [3.63, 3.8) is 0 Å². The van der Waals surface area contributed by atoms with Crippen LogP contribution >= 0.6 is 0 Å². The first-order valence-electron chi connectivity index (χ1n) is 6.80. The summed E-state index contributed by atoms with van der Waals surface area (Å²) >= 11 is 0. The van der Waals surface area contributed by atoms with E-state index >= 15 is 0 Å². The van der Waals surface area contributed by atoms with Crippen molar-refractivity contribution in [2.75, 3.05) is 0 Å². The summed E-state index contributed by atoms with van der Waals surface area (Å²) in [6.45, 7) is 8.32. The molecule has 0 aromatic heterocycles. The van der Waals surface area contributed by atoms with Gasteiger partial charge >= 0.3 is 0 Å². The topological polar surface area (TPSA) is 37.3 Å². The maximum atomic E-state index is 12.6. The molecule has 2 heteroatoms. The molecule has 2 aliphatic carbocycles. The summed E-state index contributed by atoms with van der Waals surface area (Å²) in [4.78, 5) is 12.6. The minimum Gasteiger partial charge on any atom is -0.388 e. The van der Waals surface area contributed by atoms with Gasteiger partial charge in [0.1, 0.15) is 5.78 Å². The normalized spacial score (nSPS) is 42.4. The van der Waals surface area contributed by atoms with E-state index in [0.29, 0.717) is 12.3 Å². The summed E-state index contributed by atoms with van der Waals surface area (Å²) in [5, 5.41) is 10.8. The number of aliphatic hydroxyl groups is 1. The van der Waals surface area contributed by atoms with Crippen molar-refractivity contribution >= 4 is 5.78 Å². The molecule has 2 nitrogen and oxygen atoms in total. The van der Waals surface area contributed by atoms with Crippen LogP contribution in [0.5, 0.6) is 0 Å². The third-order valence-electron chi connectivity index (χ3n) is 4.93. The molecule has 96 valence electrons. The second-order valence-electron chi connectivity index (χ2n) is 6.31. The summed E-state index contributed by atoms with van der Waals surface area (Å²) < 4.78 is 0. The van der Waals surface area contributed by atoms with E-state index in [9.17, 15) is 9.90 Å². The van der Waals surface area contributed by atoms with Gasteiger partial charge in [0.2, 0.25) is 0 Å². The quantitative estimate of drug-likeness (QED) is 0.711. The Hall–Kier alpha value is -0.630. The Morgan fingerprint density at radius 1 is 1.41 bits per heavy atom. The van der Waals surface area contributed by atoms with E-state index in [1.165, 1.54) is 0 Å². The van der Waals surface area contributed by atoms with Gasteiger partial charge in [-0.05, 0) is 38.0 Å². The van der Waals surface area contributed by atoms with E-state index in [2.05, 4.69) is 26.8 Å². The predicted molar refractivity (Wildman–Crippen MR) is 68.5 cm³/mol. The van der Waals surface area contributed by atoms with E-state index in [0.717, 1.165) is 18.4 Å². The number of carbonyl (C=O) groups excluding carboxylic acids is 1. The Morgan fingerprint density at radius 3 is 2.65 bits per heavy atom.